The number of nitrogen functional groups attached to an aromatic ring is 1. The Hall–Kier alpha value is -3.16. The lowest BCUT2D eigenvalue weighted by molar-refractivity contribution is 0.148. The van der Waals surface area contributed by atoms with Crippen molar-refractivity contribution in [2.45, 2.75) is 44.9 Å². The zero-order valence-corrected chi connectivity index (χ0v) is 23.7. The van der Waals surface area contributed by atoms with Gasteiger partial charge in [0, 0.05) is 49.9 Å². The molecule has 1 saturated carbocycles. The molecule has 4 N–H and O–H groups in total. The molecule has 2 heterocycles. The summed E-state index contributed by atoms with van der Waals surface area (Å²) in [5.41, 5.74) is 8.81. The van der Waals surface area contributed by atoms with Crippen molar-refractivity contribution >= 4 is 33.2 Å². The highest BCUT2D eigenvalue weighted by molar-refractivity contribution is 7.87. The molecule has 0 spiro atoms. The number of anilines is 2. The smallest absolute Gasteiger partial charge is 0.316 e. The maximum atomic E-state index is 13.6. The van der Waals surface area contributed by atoms with Gasteiger partial charge in [0.1, 0.15) is 11.8 Å². The van der Waals surface area contributed by atoms with Gasteiger partial charge in [-0.2, -0.15) is 27.2 Å². The summed E-state index contributed by atoms with van der Waals surface area (Å²) in [4.78, 5) is 15.5. The molecule has 1 aromatic heterocycles. The Labute approximate surface area is 238 Å². The molecular weight excluding hydrogens is 556 g/mol. The van der Waals surface area contributed by atoms with Crippen LogP contribution >= 0.6 is 11.6 Å². The molecule has 5 rings (SSSR count). The lowest BCUT2D eigenvalue weighted by Gasteiger charge is -2.35. The second-order valence-corrected chi connectivity index (χ2v) is 12.4. The van der Waals surface area contributed by atoms with Crippen LogP contribution in [0.25, 0.3) is 5.69 Å². The van der Waals surface area contributed by atoms with E-state index in [1.807, 2.05) is 24.0 Å². The van der Waals surface area contributed by atoms with Crippen LogP contribution in [0.15, 0.2) is 53.5 Å². The summed E-state index contributed by atoms with van der Waals surface area (Å²) in [5, 5.41) is 14.8. The maximum absolute atomic E-state index is 13.6. The zero-order chi connectivity index (χ0) is 28.4. The lowest BCUT2D eigenvalue weighted by Crippen LogP contribution is -2.52. The molecule has 0 bridgehead atoms. The SMILES string of the molecule is Cc1ccc(CNS(=O)(=O)N2CCN(c3cnn(-c4cccc(Cl)c4)c(=O)c3OC3CCC(O)C3)CC2)cc1N. The van der Waals surface area contributed by atoms with Gasteiger partial charge in [-0.15, -0.1) is 0 Å². The summed E-state index contributed by atoms with van der Waals surface area (Å²) in [6, 6.07) is 12.3. The third-order valence-corrected chi connectivity index (χ3v) is 9.12. The summed E-state index contributed by atoms with van der Waals surface area (Å²) in [6.45, 7) is 3.12. The number of halogens is 1. The Kier molecular flexibility index (Phi) is 8.34. The van der Waals surface area contributed by atoms with Gasteiger partial charge >= 0.3 is 5.56 Å². The van der Waals surface area contributed by atoms with Crippen molar-refractivity contribution in [2.75, 3.05) is 36.8 Å². The Morgan fingerprint density at radius 3 is 2.60 bits per heavy atom. The molecule has 11 nitrogen and oxygen atoms in total. The largest absolute Gasteiger partial charge is 0.483 e. The summed E-state index contributed by atoms with van der Waals surface area (Å²) >= 11 is 6.14. The Balaban J connectivity index is 1.33. The molecule has 13 heteroatoms. The quantitative estimate of drug-likeness (QED) is 0.340. The predicted octanol–water partition coefficient (Wildman–Crippen LogP) is 2.23. The van der Waals surface area contributed by atoms with Crippen LogP contribution in [0.4, 0.5) is 11.4 Å². The molecule has 2 unspecified atom stereocenters. The molecule has 0 amide bonds. The number of hydrogen-bond acceptors (Lipinski definition) is 8. The number of piperazine rings is 1. The number of aliphatic hydroxyl groups is 1. The van der Waals surface area contributed by atoms with Gasteiger partial charge in [-0.25, -0.2) is 0 Å². The van der Waals surface area contributed by atoms with E-state index in [1.54, 1.807) is 36.5 Å². The first-order valence-electron chi connectivity index (χ1n) is 13.2. The first-order valence-corrected chi connectivity index (χ1v) is 15.0. The summed E-state index contributed by atoms with van der Waals surface area (Å²) < 4.78 is 37.5. The second-order valence-electron chi connectivity index (χ2n) is 10.2. The van der Waals surface area contributed by atoms with Crippen molar-refractivity contribution in [3.8, 4) is 11.4 Å². The van der Waals surface area contributed by atoms with Crippen molar-refractivity contribution in [3.05, 3.63) is 75.2 Å². The Morgan fingerprint density at radius 1 is 1.15 bits per heavy atom. The maximum Gasteiger partial charge on any atom is 0.316 e. The van der Waals surface area contributed by atoms with Crippen LogP contribution in [0, 0.1) is 6.92 Å². The molecule has 2 aliphatic rings. The average Bonchev–Trinajstić information content (AvgIpc) is 3.35. The number of aromatic nitrogens is 2. The Morgan fingerprint density at radius 2 is 1.93 bits per heavy atom. The van der Waals surface area contributed by atoms with Crippen LogP contribution < -0.4 is 25.7 Å². The third kappa shape index (κ3) is 6.26. The van der Waals surface area contributed by atoms with Gasteiger partial charge in [-0.05, 0) is 55.2 Å². The van der Waals surface area contributed by atoms with E-state index in [0.29, 0.717) is 54.4 Å². The van der Waals surface area contributed by atoms with E-state index >= 15 is 0 Å². The van der Waals surface area contributed by atoms with Gasteiger partial charge < -0.3 is 20.5 Å². The first-order chi connectivity index (χ1) is 19.1. The van der Waals surface area contributed by atoms with Gasteiger partial charge in [0.2, 0.25) is 5.75 Å². The zero-order valence-electron chi connectivity index (χ0n) is 22.2. The van der Waals surface area contributed by atoms with Crippen LogP contribution in [-0.4, -0.2) is 66.0 Å². The van der Waals surface area contributed by atoms with Crippen molar-refractivity contribution in [2.24, 2.45) is 0 Å². The van der Waals surface area contributed by atoms with Crippen molar-refractivity contribution < 1.29 is 18.3 Å². The average molecular weight is 589 g/mol. The van der Waals surface area contributed by atoms with Crippen molar-refractivity contribution in [1.29, 1.82) is 0 Å². The minimum atomic E-state index is -3.74. The van der Waals surface area contributed by atoms with Crippen LogP contribution in [0.2, 0.25) is 5.02 Å². The molecule has 1 saturated heterocycles. The fourth-order valence-electron chi connectivity index (χ4n) is 4.98. The molecule has 0 radical (unpaired) electrons. The molecule has 2 aromatic carbocycles. The summed E-state index contributed by atoms with van der Waals surface area (Å²) in [5.74, 6) is 0.125. The van der Waals surface area contributed by atoms with Crippen LogP contribution in [0.5, 0.6) is 5.75 Å². The van der Waals surface area contributed by atoms with Crippen LogP contribution in [0.3, 0.4) is 0 Å². The first kappa shape index (κ1) is 28.4. The van der Waals surface area contributed by atoms with Crippen LogP contribution in [-0.2, 0) is 16.8 Å². The second kappa shape index (κ2) is 11.8. The van der Waals surface area contributed by atoms with Gasteiger partial charge in [0.25, 0.3) is 10.2 Å². The van der Waals surface area contributed by atoms with E-state index in [9.17, 15) is 18.3 Å². The molecule has 40 heavy (non-hydrogen) atoms. The minimum absolute atomic E-state index is 0.125. The highest BCUT2D eigenvalue weighted by Crippen LogP contribution is 2.30. The number of nitrogens with one attached hydrogen (secondary N) is 1. The van der Waals surface area contributed by atoms with E-state index in [1.165, 1.54) is 8.99 Å². The number of ether oxygens (including phenoxy) is 1. The Bertz CT molecular complexity index is 1540. The summed E-state index contributed by atoms with van der Waals surface area (Å²) in [6.07, 6.45) is 2.45. The summed E-state index contributed by atoms with van der Waals surface area (Å²) in [7, 11) is -3.74. The third-order valence-electron chi connectivity index (χ3n) is 7.33. The molecule has 2 fully saturated rings. The monoisotopic (exact) mass is 588 g/mol. The van der Waals surface area contributed by atoms with E-state index in [0.717, 1.165) is 11.1 Å². The van der Waals surface area contributed by atoms with Crippen molar-refractivity contribution in [3.63, 3.8) is 0 Å². The minimum Gasteiger partial charge on any atom is -0.483 e. The molecule has 214 valence electrons. The fourth-order valence-corrected chi connectivity index (χ4v) is 6.34. The molecule has 3 aromatic rings. The highest BCUT2D eigenvalue weighted by Gasteiger charge is 2.31. The van der Waals surface area contributed by atoms with E-state index in [2.05, 4.69) is 9.82 Å². The number of nitrogens with two attached hydrogens (primary N) is 1. The molecular formula is C27H33ClN6O5S. The van der Waals surface area contributed by atoms with E-state index in [-0.39, 0.29) is 31.5 Å². The van der Waals surface area contributed by atoms with E-state index in [4.69, 9.17) is 22.1 Å². The van der Waals surface area contributed by atoms with E-state index < -0.39 is 21.9 Å². The highest BCUT2D eigenvalue weighted by atomic mass is 35.5. The number of aryl methyl sites for hydroxylation is 1. The number of hydrogen-bond donors (Lipinski definition) is 3. The molecule has 2 atom stereocenters. The lowest BCUT2D eigenvalue weighted by atomic mass is 10.1. The topological polar surface area (TPSA) is 143 Å². The predicted molar refractivity (Wildman–Crippen MR) is 154 cm³/mol. The molecule has 1 aliphatic carbocycles. The number of rotatable bonds is 8. The van der Waals surface area contributed by atoms with Crippen LogP contribution in [0.1, 0.15) is 30.4 Å². The number of nitrogens with zero attached hydrogens (tertiary/aromatic N) is 4. The van der Waals surface area contributed by atoms with Gasteiger partial charge in [-0.1, -0.05) is 29.8 Å². The number of aliphatic hydroxyl groups excluding tert-OH is 1. The normalized spacial score (nSPS) is 20.1. The van der Waals surface area contributed by atoms with Gasteiger partial charge in [0.05, 0.1) is 18.0 Å². The number of benzene rings is 2. The molecule has 1 aliphatic heterocycles. The van der Waals surface area contributed by atoms with Gasteiger partial charge in [0.15, 0.2) is 0 Å². The standard InChI is InChI=1S/C27H33ClN6O5S/c1-18-5-6-19(13-24(18)29)16-31-40(37,38)33-11-9-32(10-12-33)25-17-30-34(21-4-2-3-20(28)14-21)27(36)26(25)39-23-8-7-22(35)15-23/h2-6,13-14,17,22-23,31,35H,7-12,15-16,29H2,1H3. The fraction of sp³-hybridized carbons (Fsp3) is 0.407. The van der Waals surface area contributed by atoms with Crippen molar-refractivity contribution in [1.82, 2.24) is 18.8 Å². The van der Waals surface area contributed by atoms with Gasteiger partial charge in [-0.3, -0.25) is 4.79 Å².